The Morgan fingerprint density at radius 1 is 1.21 bits per heavy atom. The van der Waals surface area contributed by atoms with Crippen molar-refractivity contribution in [3.05, 3.63) is 29.8 Å². The zero-order chi connectivity index (χ0) is 13.6. The Balaban J connectivity index is 0.00000324. The highest BCUT2D eigenvalue weighted by molar-refractivity contribution is 7.89. The SMILES string of the molecule is CCNCCNS(=O)(=O)c1cccc(C(C)C)c1.Cl. The molecule has 0 atom stereocenters. The highest BCUT2D eigenvalue weighted by atomic mass is 35.5. The van der Waals surface area contributed by atoms with Crippen molar-refractivity contribution in [1.29, 1.82) is 0 Å². The van der Waals surface area contributed by atoms with E-state index in [1.54, 1.807) is 18.2 Å². The Bertz CT molecular complexity index is 475. The number of hydrogen-bond acceptors (Lipinski definition) is 3. The van der Waals surface area contributed by atoms with E-state index in [9.17, 15) is 8.42 Å². The molecule has 0 amide bonds. The second-order valence-electron chi connectivity index (χ2n) is 4.48. The third-order valence-corrected chi connectivity index (χ3v) is 4.14. The van der Waals surface area contributed by atoms with Crippen LogP contribution in [0.25, 0.3) is 0 Å². The maximum absolute atomic E-state index is 12.0. The topological polar surface area (TPSA) is 58.2 Å². The molecule has 1 aromatic carbocycles. The van der Waals surface area contributed by atoms with Crippen LogP contribution in [-0.2, 0) is 10.0 Å². The van der Waals surface area contributed by atoms with Gasteiger partial charge in [-0.2, -0.15) is 0 Å². The summed E-state index contributed by atoms with van der Waals surface area (Å²) in [5.74, 6) is 0.321. The first kappa shape index (κ1) is 18.4. The van der Waals surface area contributed by atoms with Gasteiger partial charge < -0.3 is 5.32 Å². The zero-order valence-electron chi connectivity index (χ0n) is 11.6. The standard InChI is InChI=1S/C13H22N2O2S.ClH/c1-4-14-8-9-15-18(16,17)13-7-5-6-12(10-13)11(2)3;/h5-7,10-11,14-15H,4,8-9H2,1-3H3;1H. The van der Waals surface area contributed by atoms with Crippen LogP contribution in [0.3, 0.4) is 0 Å². The fourth-order valence-electron chi connectivity index (χ4n) is 1.57. The van der Waals surface area contributed by atoms with Crippen LogP contribution in [0, 0.1) is 0 Å². The Hall–Kier alpha value is -0.620. The molecule has 4 nitrogen and oxygen atoms in total. The van der Waals surface area contributed by atoms with E-state index in [4.69, 9.17) is 0 Å². The summed E-state index contributed by atoms with van der Waals surface area (Å²) in [6.45, 7) is 7.96. The first-order valence-corrected chi connectivity index (χ1v) is 7.76. The van der Waals surface area contributed by atoms with E-state index in [0.29, 0.717) is 23.9 Å². The molecular weight excluding hydrogens is 284 g/mol. The van der Waals surface area contributed by atoms with Crippen molar-refractivity contribution in [3.63, 3.8) is 0 Å². The van der Waals surface area contributed by atoms with E-state index in [1.165, 1.54) is 0 Å². The van der Waals surface area contributed by atoms with Crippen LogP contribution in [0.15, 0.2) is 29.2 Å². The number of likely N-dealkylation sites (N-methyl/N-ethyl adjacent to an activating group) is 1. The van der Waals surface area contributed by atoms with Crippen molar-refractivity contribution < 1.29 is 8.42 Å². The Morgan fingerprint density at radius 3 is 2.47 bits per heavy atom. The lowest BCUT2D eigenvalue weighted by atomic mass is 10.0. The molecule has 0 unspecified atom stereocenters. The lowest BCUT2D eigenvalue weighted by Crippen LogP contribution is -2.31. The normalized spacial score (nSPS) is 11.4. The molecule has 1 rings (SSSR count). The van der Waals surface area contributed by atoms with Gasteiger partial charge in [-0.3, -0.25) is 0 Å². The molecule has 0 aromatic heterocycles. The van der Waals surface area contributed by atoms with Crippen molar-refractivity contribution in [2.45, 2.75) is 31.6 Å². The van der Waals surface area contributed by atoms with E-state index in [-0.39, 0.29) is 12.4 Å². The predicted molar refractivity (Wildman–Crippen MR) is 81.5 cm³/mol. The van der Waals surface area contributed by atoms with Crippen LogP contribution < -0.4 is 10.0 Å². The van der Waals surface area contributed by atoms with Crippen LogP contribution >= 0.6 is 12.4 Å². The molecule has 0 aliphatic heterocycles. The van der Waals surface area contributed by atoms with Gasteiger partial charge in [0.1, 0.15) is 0 Å². The van der Waals surface area contributed by atoms with Gasteiger partial charge in [0.05, 0.1) is 4.90 Å². The summed E-state index contributed by atoms with van der Waals surface area (Å²) in [4.78, 5) is 0.338. The van der Waals surface area contributed by atoms with E-state index >= 15 is 0 Å². The number of nitrogens with one attached hydrogen (secondary N) is 2. The van der Waals surface area contributed by atoms with Gasteiger partial charge in [0.2, 0.25) is 10.0 Å². The van der Waals surface area contributed by atoms with Gasteiger partial charge in [0.25, 0.3) is 0 Å². The summed E-state index contributed by atoms with van der Waals surface area (Å²) in [5, 5.41) is 3.07. The van der Waals surface area contributed by atoms with Gasteiger partial charge in [-0.25, -0.2) is 13.1 Å². The highest BCUT2D eigenvalue weighted by Crippen LogP contribution is 2.18. The minimum Gasteiger partial charge on any atom is -0.316 e. The van der Waals surface area contributed by atoms with E-state index in [1.807, 2.05) is 26.8 Å². The number of halogens is 1. The summed E-state index contributed by atoms with van der Waals surface area (Å²) in [5.41, 5.74) is 1.03. The molecule has 1 aromatic rings. The molecule has 0 saturated heterocycles. The summed E-state index contributed by atoms with van der Waals surface area (Å²) in [6.07, 6.45) is 0. The van der Waals surface area contributed by atoms with Crippen molar-refractivity contribution in [2.24, 2.45) is 0 Å². The van der Waals surface area contributed by atoms with Gasteiger partial charge in [-0.05, 0) is 30.2 Å². The molecule has 0 saturated carbocycles. The molecular formula is C13H23ClN2O2S. The van der Waals surface area contributed by atoms with Crippen LogP contribution in [0.5, 0.6) is 0 Å². The first-order chi connectivity index (χ1) is 8.47. The van der Waals surface area contributed by atoms with Gasteiger partial charge in [-0.1, -0.05) is 32.9 Å². The molecule has 0 spiro atoms. The van der Waals surface area contributed by atoms with Crippen molar-refractivity contribution in [2.75, 3.05) is 19.6 Å². The summed E-state index contributed by atoms with van der Waals surface area (Å²) in [6, 6.07) is 7.10. The van der Waals surface area contributed by atoms with E-state index in [0.717, 1.165) is 12.1 Å². The Labute approximate surface area is 122 Å². The van der Waals surface area contributed by atoms with Crippen LogP contribution in [-0.4, -0.2) is 28.1 Å². The first-order valence-electron chi connectivity index (χ1n) is 6.27. The Kier molecular flexibility index (Phi) is 8.25. The predicted octanol–water partition coefficient (Wildman–Crippen LogP) is 2.12. The maximum atomic E-state index is 12.0. The number of sulfonamides is 1. The molecule has 0 bridgehead atoms. The van der Waals surface area contributed by atoms with Gasteiger partial charge in [0, 0.05) is 13.1 Å². The minimum atomic E-state index is -3.39. The average molecular weight is 307 g/mol. The minimum absolute atomic E-state index is 0. The van der Waals surface area contributed by atoms with Crippen LogP contribution in [0.4, 0.5) is 0 Å². The van der Waals surface area contributed by atoms with Gasteiger partial charge in [0.15, 0.2) is 0 Å². The second kappa shape index (κ2) is 8.53. The molecule has 0 radical (unpaired) electrons. The van der Waals surface area contributed by atoms with Crippen molar-refractivity contribution >= 4 is 22.4 Å². The third-order valence-electron chi connectivity index (χ3n) is 2.68. The quantitative estimate of drug-likeness (QED) is 0.759. The summed E-state index contributed by atoms with van der Waals surface area (Å²) < 4.78 is 26.6. The Morgan fingerprint density at radius 2 is 1.89 bits per heavy atom. The second-order valence-corrected chi connectivity index (χ2v) is 6.25. The fourth-order valence-corrected chi connectivity index (χ4v) is 2.66. The monoisotopic (exact) mass is 306 g/mol. The number of benzene rings is 1. The molecule has 6 heteroatoms. The summed E-state index contributed by atoms with van der Waals surface area (Å²) >= 11 is 0. The summed E-state index contributed by atoms with van der Waals surface area (Å²) in [7, 11) is -3.39. The number of hydrogen-bond donors (Lipinski definition) is 2. The average Bonchev–Trinajstić information content (AvgIpc) is 2.35. The largest absolute Gasteiger partial charge is 0.316 e. The van der Waals surface area contributed by atoms with Crippen LogP contribution in [0.2, 0.25) is 0 Å². The molecule has 110 valence electrons. The third kappa shape index (κ3) is 5.91. The van der Waals surface area contributed by atoms with E-state index in [2.05, 4.69) is 10.0 Å². The van der Waals surface area contributed by atoms with Gasteiger partial charge >= 0.3 is 0 Å². The molecule has 0 fully saturated rings. The lowest BCUT2D eigenvalue weighted by Gasteiger charge is -2.10. The highest BCUT2D eigenvalue weighted by Gasteiger charge is 2.14. The van der Waals surface area contributed by atoms with Crippen molar-refractivity contribution in [1.82, 2.24) is 10.0 Å². The molecule has 0 aliphatic carbocycles. The van der Waals surface area contributed by atoms with E-state index < -0.39 is 10.0 Å². The molecule has 19 heavy (non-hydrogen) atoms. The van der Waals surface area contributed by atoms with Crippen molar-refractivity contribution in [3.8, 4) is 0 Å². The zero-order valence-corrected chi connectivity index (χ0v) is 13.3. The maximum Gasteiger partial charge on any atom is 0.240 e. The van der Waals surface area contributed by atoms with Gasteiger partial charge in [-0.15, -0.1) is 12.4 Å². The smallest absolute Gasteiger partial charge is 0.240 e. The molecule has 0 aliphatic rings. The lowest BCUT2D eigenvalue weighted by molar-refractivity contribution is 0.577. The van der Waals surface area contributed by atoms with Crippen LogP contribution in [0.1, 0.15) is 32.3 Å². The molecule has 2 N–H and O–H groups in total. The molecule has 0 heterocycles. The number of rotatable bonds is 7. The fraction of sp³-hybridized carbons (Fsp3) is 0.538.